The normalized spacial score (nSPS) is 12.7. The van der Waals surface area contributed by atoms with Gasteiger partial charge >= 0.3 is 0 Å². The van der Waals surface area contributed by atoms with Crippen molar-refractivity contribution in [3.63, 3.8) is 0 Å². The van der Waals surface area contributed by atoms with Crippen LogP contribution >= 0.6 is 0 Å². The largest absolute Gasteiger partial charge is 0.399 e. The summed E-state index contributed by atoms with van der Waals surface area (Å²) in [6.07, 6.45) is 0.583. The highest BCUT2D eigenvalue weighted by Crippen LogP contribution is 2.33. The van der Waals surface area contributed by atoms with Crippen molar-refractivity contribution in [1.82, 2.24) is 9.29 Å². The van der Waals surface area contributed by atoms with Crippen molar-refractivity contribution in [3.05, 3.63) is 36.4 Å². The third-order valence-corrected chi connectivity index (χ3v) is 6.03. The molecule has 1 heterocycles. The predicted octanol–water partition coefficient (Wildman–Crippen LogP) is 1.07. The maximum atomic E-state index is 13.0. The molecule has 0 saturated carbocycles. The Hall–Kier alpha value is -2.30. The Balaban J connectivity index is 2.13. The molecule has 0 amide bonds. The molecule has 0 radical (unpaired) electrons. The van der Waals surface area contributed by atoms with Crippen molar-refractivity contribution in [1.29, 1.82) is 0 Å². The number of aliphatic hydroxyl groups excluding tert-OH is 3. The number of nitrogens with zero attached hydrogens (tertiary/aromatic N) is 2. The van der Waals surface area contributed by atoms with Crippen molar-refractivity contribution in [3.8, 4) is 0 Å². The van der Waals surface area contributed by atoms with Crippen molar-refractivity contribution in [2.45, 2.75) is 11.3 Å². The first-order chi connectivity index (χ1) is 14.1. The summed E-state index contributed by atoms with van der Waals surface area (Å²) < 4.78 is 14.5. The SMILES string of the molecule is Nc1ccc2nc3ccc(S(=O)N(CCO)CCO)cc3c(NCCCO)c2c1. The Bertz CT molecular complexity index is 1010. The summed E-state index contributed by atoms with van der Waals surface area (Å²) in [7, 11) is -1.54. The molecule has 29 heavy (non-hydrogen) atoms. The minimum atomic E-state index is -1.54. The molecule has 1 atom stereocenters. The van der Waals surface area contributed by atoms with Gasteiger partial charge in [0.1, 0.15) is 11.0 Å². The molecule has 8 nitrogen and oxygen atoms in total. The number of nitrogens with one attached hydrogen (secondary N) is 1. The lowest BCUT2D eigenvalue weighted by atomic mass is 10.1. The molecule has 1 unspecified atom stereocenters. The number of aromatic nitrogens is 1. The number of hydrogen-bond acceptors (Lipinski definition) is 7. The fourth-order valence-electron chi connectivity index (χ4n) is 3.18. The number of nitrogens with two attached hydrogens (primary N) is 1. The Labute approximate surface area is 171 Å². The number of aliphatic hydroxyl groups is 3. The molecule has 0 saturated heterocycles. The number of nitrogen functional groups attached to an aromatic ring is 1. The fourth-order valence-corrected chi connectivity index (χ4v) is 4.38. The maximum absolute atomic E-state index is 13.0. The molecule has 156 valence electrons. The molecule has 0 aliphatic heterocycles. The standard InChI is InChI=1S/C20H26N4O4S/c21-14-2-4-18-16(12-14)20(22-6-1-9-25)17-13-15(3-5-19(17)23-18)29(28)24(7-10-26)8-11-27/h2-5,12-13,25-27H,1,6-11,21H2,(H,22,23). The molecule has 6 N–H and O–H groups in total. The lowest BCUT2D eigenvalue weighted by molar-refractivity contribution is 0.222. The number of rotatable bonds is 10. The molecule has 0 bridgehead atoms. The smallest absolute Gasteiger partial charge is 0.127 e. The van der Waals surface area contributed by atoms with Gasteiger partial charge in [0, 0.05) is 42.7 Å². The van der Waals surface area contributed by atoms with E-state index in [1.165, 1.54) is 4.31 Å². The number of anilines is 2. The zero-order valence-electron chi connectivity index (χ0n) is 16.0. The molecular formula is C20H26N4O4S. The first-order valence-electron chi connectivity index (χ1n) is 9.45. The van der Waals surface area contributed by atoms with Gasteiger partial charge in [-0.2, -0.15) is 0 Å². The molecule has 9 heteroatoms. The van der Waals surface area contributed by atoms with Crippen molar-refractivity contribution >= 4 is 44.2 Å². The summed E-state index contributed by atoms with van der Waals surface area (Å²) in [6, 6.07) is 10.9. The van der Waals surface area contributed by atoms with Gasteiger partial charge < -0.3 is 26.4 Å². The van der Waals surface area contributed by atoms with E-state index in [0.29, 0.717) is 23.5 Å². The number of fused-ring (bicyclic) bond motifs is 2. The molecular weight excluding hydrogens is 392 g/mol. The van der Waals surface area contributed by atoms with Gasteiger partial charge in [0.2, 0.25) is 0 Å². The van der Waals surface area contributed by atoms with E-state index in [1.54, 1.807) is 12.1 Å². The Morgan fingerprint density at radius 2 is 1.62 bits per heavy atom. The second kappa shape index (κ2) is 9.95. The van der Waals surface area contributed by atoms with E-state index < -0.39 is 11.0 Å². The Morgan fingerprint density at radius 1 is 0.966 bits per heavy atom. The first kappa shape index (κ1) is 21.4. The summed E-state index contributed by atoms with van der Waals surface area (Å²) >= 11 is 0. The highest BCUT2D eigenvalue weighted by molar-refractivity contribution is 7.82. The van der Waals surface area contributed by atoms with Gasteiger partial charge in [-0.05, 0) is 42.8 Å². The molecule has 0 aliphatic carbocycles. The summed E-state index contributed by atoms with van der Waals surface area (Å²) in [6.45, 7) is 0.715. The van der Waals surface area contributed by atoms with Gasteiger partial charge in [-0.25, -0.2) is 13.5 Å². The van der Waals surface area contributed by atoms with E-state index in [9.17, 15) is 14.4 Å². The summed E-state index contributed by atoms with van der Waals surface area (Å²) in [4.78, 5) is 5.24. The van der Waals surface area contributed by atoms with E-state index in [0.717, 1.165) is 27.5 Å². The van der Waals surface area contributed by atoms with Crippen LogP contribution in [0.2, 0.25) is 0 Å². The number of benzene rings is 2. The molecule has 0 fully saturated rings. The quantitative estimate of drug-likeness (QED) is 0.189. The average molecular weight is 419 g/mol. The highest BCUT2D eigenvalue weighted by atomic mass is 32.2. The fraction of sp³-hybridized carbons (Fsp3) is 0.350. The molecule has 2 aromatic carbocycles. The lowest BCUT2D eigenvalue weighted by Crippen LogP contribution is -2.31. The van der Waals surface area contributed by atoms with Crippen molar-refractivity contribution in [2.24, 2.45) is 0 Å². The van der Waals surface area contributed by atoms with E-state index in [4.69, 9.17) is 10.8 Å². The zero-order chi connectivity index (χ0) is 20.8. The highest BCUT2D eigenvalue weighted by Gasteiger charge is 2.17. The van der Waals surface area contributed by atoms with Crippen LogP contribution in [0, 0.1) is 0 Å². The molecule has 0 aliphatic rings. The monoisotopic (exact) mass is 418 g/mol. The molecule has 3 aromatic rings. The van der Waals surface area contributed by atoms with Crippen molar-refractivity contribution in [2.75, 3.05) is 50.5 Å². The van der Waals surface area contributed by atoms with Crippen LogP contribution in [0.5, 0.6) is 0 Å². The van der Waals surface area contributed by atoms with Crippen LogP contribution in [0.25, 0.3) is 21.8 Å². The van der Waals surface area contributed by atoms with Crippen LogP contribution in [0.15, 0.2) is 41.3 Å². The lowest BCUT2D eigenvalue weighted by Gasteiger charge is -2.20. The number of pyridine rings is 1. The van der Waals surface area contributed by atoms with Gasteiger partial charge in [-0.1, -0.05) is 0 Å². The third-order valence-electron chi connectivity index (χ3n) is 4.54. The number of hydrogen-bond donors (Lipinski definition) is 5. The topological polar surface area (TPSA) is 132 Å². The second-order valence-electron chi connectivity index (χ2n) is 6.57. The minimum Gasteiger partial charge on any atom is -0.399 e. The van der Waals surface area contributed by atoms with Crippen LogP contribution in [-0.4, -0.2) is 68.3 Å². The van der Waals surface area contributed by atoms with Crippen LogP contribution < -0.4 is 11.1 Å². The summed E-state index contributed by atoms with van der Waals surface area (Å²) in [5, 5.41) is 32.6. The third kappa shape index (κ3) is 4.82. The van der Waals surface area contributed by atoms with Gasteiger partial charge in [0.05, 0.1) is 34.8 Å². The maximum Gasteiger partial charge on any atom is 0.127 e. The second-order valence-corrected chi connectivity index (χ2v) is 8.06. The minimum absolute atomic E-state index is 0.0721. The first-order valence-corrected chi connectivity index (χ1v) is 10.6. The van der Waals surface area contributed by atoms with Gasteiger partial charge in [0.25, 0.3) is 0 Å². The van der Waals surface area contributed by atoms with E-state index >= 15 is 0 Å². The zero-order valence-corrected chi connectivity index (χ0v) is 16.9. The van der Waals surface area contributed by atoms with E-state index in [2.05, 4.69) is 10.3 Å². The van der Waals surface area contributed by atoms with Crippen LogP contribution in [0.1, 0.15) is 6.42 Å². The van der Waals surface area contributed by atoms with Crippen molar-refractivity contribution < 1.29 is 19.5 Å². The van der Waals surface area contributed by atoms with Crippen LogP contribution in [-0.2, 0) is 11.0 Å². The Kier molecular flexibility index (Phi) is 7.34. The predicted molar refractivity (Wildman–Crippen MR) is 116 cm³/mol. The van der Waals surface area contributed by atoms with E-state index in [1.807, 2.05) is 24.3 Å². The van der Waals surface area contributed by atoms with Crippen LogP contribution in [0.4, 0.5) is 11.4 Å². The summed E-state index contributed by atoms with van der Waals surface area (Å²) in [5.41, 5.74) is 8.94. The molecule has 3 rings (SSSR count). The molecule has 1 aromatic heterocycles. The van der Waals surface area contributed by atoms with Gasteiger partial charge in [0.15, 0.2) is 0 Å². The molecule has 0 spiro atoms. The Morgan fingerprint density at radius 3 is 2.28 bits per heavy atom. The van der Waals surface area contributed by atoms with Crippen LogP contribution in [0.3, 0.4) is 0 Å². The summed E-state index contributed by atoms with van der Waals surface area (Å²) in [5.74, 6) is 0. The van der Waals surface area contributed by atoms with E-state index in [-0.39, 0.29) is 32.9 Å². The van der Waals surface area contributed by atoms with Gasteiger partial charge in [-0.15, -0.1) is 0 Å². The average Bonchev–Trinajstić information content (AvgIpc) is 2.72. The van der Waals surface area contributed by atoms with Gasteiger partial charge in [-0.3, -0.25) is 0 Å².